The van der Waals surface area contributed by atoms with Crippen molar-refractivity contribution >= 4 is 43.2 Å². The molecule has 3 aromatic heterocycles. The Morgan fingerprint density at radius 1 is 0.643 bits per heavy atom. The lowest BCUT2D eigenvalue weighted by atomic mass is 10.1. The third-order valence-corrected chi connectivity index (χ3v) is 6.10. The van der Waals surface area contributed by atoms with Crippen LogP contribution in [0.1, 0.15) is 0 Å². The van der Waals surface area contributed by atoms with Crippen LogP contribution in [-0.2, 0) is 0 Å². The first-order chi connectivity index (χ1) is 13.9. The molecule has 3 nitrogen and oxygen atoms in total. The summed E-state index contributed by atoms with van der Waals surface area (Å²) in [5, 5.41) is 15.1. The van der Waals surface area contributed by atoms with E-state index in [-0.39, 0.29) is 0 Å². The molecule has 0 spiro atoms. The standard InChI is InChI=1S/C24H15N3S/c1-2-6-16(7-3-1)19-10-13-23(26-25-19)27-20-9-5-4-8-17(20)24-18-14-15-28-22(18)12-11-21(24)27/h1-15H. The van der Waals surface area contributed by atoms with E-state index >= 15 is 0 Å². The van der Waals surface area contributed by atoms with E-state index in [2.05, 4.69) is 80.8 Å². The molecule has 0 N–H and O–H groups in total. The van der Waals surface area contributed by atoms with Crippen LogP contribution in [0.2, 0.25) is 0 Å². The molecule has 0 saturated carbocycles. The highest BCUT2D eigenvalue weighted by Gasteiger charge is 2.15. The van der Waals surface area contributed by atoms with Crippen LogP contribution in [0.4, 0.5) is 0 Å². The molecule has 6 aromatic rings. The highest BCUT2D eigenvalue weighted by molar-refractivity contribution is 7.17. The maximum Gasteiger partial charge on any atom is 0.160 e. The van der Waals surface area contributed by atoms with E-state index in [4.69, 9.17) is 0 Å². The fourth-order valence-electron chi connectivity index (χ4n) is 3.97. The number of hydrogen-bond acceptors (Lipinski definition) is 3. The second-order valence-electron chi connectivity index (χ2n) is 6.79. The molecular weight excluding hydrogens is 362 g/mol. The van der Waals surface area contributed by atoms with E-state index in [0.717, 1.165) is 28.1 Å². The van der Waals surface area contributed by atoms with Gasteiger partial charge in [-0.1, -0.05) is 48.5 Å². The molecule has 0 aliphatic heterocycles. The Hall–Kier alpha value is -3.50. The zero-order chi connectivity index (χ0) is 18.5. The van der Waals surface area contributed by atoms with Crippen molar-refractivity contribution in [3.8, 4) is 17.1 Å². The average molecular weight is 377 g/mol. The van der Waals surface area contributed by atoms with Crippen molar-refractivity contribution in [2.24, 2.45) is 0 Å². The maximum atomic E-state index is 4.58. The Morgan fingerprint density at radius 2 is 1.50 bits per heavy atom. The Bertz CT molecular complexity index is 1440. The predicted octanol–water partition coefficient (Wildman–Crippen LogP) is 6.46. The van der Waals surface area contributed by atoms with Gasteiger partial charge in [0.05, 0.1) is 16.7 Å². The first kappa shape index (κ1) is 15.5. The summed E-state index contributed by atoms with van der Waals surface area (Å²) in [6.45, 7) is 0. The Kier molecular flexibility index (Phi) is 3.34. The molecule has 28 heavy (non-hydrogen) atoms. The van der Waals surface area contributed by atoms with Gasteiger partial charge in [-0.05, 0) is 41.8 Å². The third kappa shape index (κ3) is 2.22. The molecule has 0 fully saturated rings. The van der Waals surface area contributed by atoms with Crippen LogP contribution in [0, 0.1) is 0 Å². The summed E-state index contributed by atoms with van der Waals surface area (Å²) < 4.78 is 3.52. The van der Waals surface area contributed by atoms with Gasteiger partial charge in [-0.2, -0.15) is 0 Å². The van der Waals surface area contributed by atoms with Gasteiger partial charge >= 0.3 is 0 Å². The lowest BCUT2D eigenvalue weighted by Crippen LogP contribution is -1.99. The number of thiophene rings is 1. The number of fused-ring (bicyclic) bond motifs is 5. The summed E-state index contributed by atoms with van der Waals surface area (Å²) in [6, 6.07) is 29.4. The second-order valence-corrected chi connectivity index (χ2v) is 7.74. The van der Waals surface area contributed by atoms with Crippen LogP contribution in [0.3, 0.4) is 0 Å². The molecule has 0 unspecified atom stereocenters. The average Bonchev–Trinajstić information content (AvgIpc) is 3.36. The lowest BCUT2D eigenvalue weighted by Gasteiger charge is -2.07. The molecule has 3 heterocycles. The molecule has 3 aromatic carbocycles. The molecule has 132 valence electrons. The molecule has 0 aliphatic carbocycles. The van der Waals surface area contributed by atoms with Crippen molar-refractivity contribution in [3.63, 3.8) is 0 Å². The first-order valence-electron chi connectivity index (χ1n) is 9.19. The van der Waals surface area contributed by atoms with Gasteiger partial charge in [0.25, 0.3) is 0 Å². The maximum absolute atomic E-state index is 4.58. The predicted molar refractivity (Wildman–Crippen MR) is 117 cm³/mol. The van der Waals surface area contributed by atoms with Crippen LogP contribution in [0.5, 0.6) is 0 Å². The molecule has 0 amide bonds. The van der Waals surface area contributed by atoms with Crippen molar-refractivity contribution in [1.29, 1.82) is 0 Å². The lowest BCUT2D eigenvalue weighted by molar-refractivity contribution is 0.958. The number of hydrogen-bond donors (Lipinski definition) is 0. The minimum absolute atomic E-state index is 0.834. The van der Waals surface area contributed by atoms with Crippen molar-refractivity contribution in [2.75, 3.05) is 0 Å². The van der Waals surface area contributed by atoms with E-state index in [0.29, 0.717) is 0 Å². The molecule has 4 heteroatoms. The Morgan fingerprint density at radius 3 is 2.36 bits per heavy atom. The smallest absolute Gasteiger partial charge is 0.160 e. The van der Waals surface area contributed by atoms with Crippen LogP contribution < -0.4 is 0 Å². The second kappa shape index (κ2) is 6.01. The minimum Gasteiger partial charge on any atom is -0.292 e. The van der Waals surface area contributed by atoms with Crippen LogP contribution in [0.25, 0.3) is 49.0 Å². The van der Waals surface area contributed by atoms with Crippen molar-refractivity contribution in [2.45, 2.75) is 0 Å². The van der Waals surface area contributed by atoms with Gasteiger partial charge in [-0.15, -0.1) is 21.5 Å². The summed E-state index contributed by atoms with van der Waals surface area (Å²) in [7, 11) is 0. The Labute approximate surface area is 165 Å². The summed E-state index contributed by atoms with van der Waals surface area (Å²) in [5.41, 5.74) is 4.26. The third-order valence-electron chi connectivity index (χ3n) is 5.22. The summed E-state index contributed by atoms with van der Waals surface area (Å²) >= 11 is 1.78. The van der Waals surface area contributed by atoms with Gasteiger partial charge in [0.1, 0.15) is 0 Å². The normalized spacial score (nSPS) is 11.6. The van der Waals surface area contributed by atoms with Gasteiger partial charge in [-0.3, -0.25) is 4.57 Å². The van der Waals surface area contributed by atoms with Gasteiger partial charge in [-0.25, -0.2) is 0 Å². The molecular formula is C24H15N3S. The van der Waals surface area contributed by atoms with Gasteiger partial charge in [0.15, 0.2) is 5.82 Å². The minimum atomic E-state index is 0.834. The SMILES string of the molecule is c1ccc(-c2ccc(-n3c4ccccc4c4c5ccsc5ccc43)nn2)cc1. The summed E-state index contributed by atoms with van der Waals surface area (Å²) in [5.74, 6) is 0.834. The quantitative estimate of drug-likeness (QED) is 0.347. The first-order valence-corrected chi connectivity index (χ1v) is 10.1. The summed E-state index contributed by atoms with van der Waals surface area (Å²) in [6.07, 6.45) is 0. The van der Waals surface area contributed by atoms with Gasteiger partial charge in [0, 0.05) is 26.4 Å². The summed E-state index contributed by atoms with van der Waals surface area (Å²) in [4.78, 5) is 0. The number of nitrogens with zero attached hydrogens (tertiary/aromatic N) is 3. The van der Waals surface area contributed by atoms with E-state index in [9.17, 15) is 0 Å². The molecule has 0 saturated heterocycles. The molecule has 0 aliphatic rings. The highest BCUT2D eigenvalue weighted by Crippen LogP contribution is 2.37. The topological polar surface area (TPSA) is 30.7 Å². The van der Waals surface area contributed by atoms with Crippen LogP contribution in [-0.4, -0.2) is 14.8 Å². The Balaban J connectivity index is 1.63. The number of aromatic nitrogens is 3. The van der Waals surface area contributed by atoms with E-state index < -0.39 is 0 Å². The zero-order valence-electron chi connectivity index (χ0n) is 14.9. The molecule has 0 bridgehead atoms. The number of para-hydroxylation sites is 1. The van der Waals surface area contributed by atoms with Crippen molar-refractivity contribution < 1.29 is 0 Å². The van der Waals surface area contributed by atoms with Crippen LogP contribution in [0.15, 0.2) is 90.3 Å². The van der Waals surface area contributed by atoms with Crippen molar-refractivity contribution in [1.82, 2.24) is 14.8 Å². The number of benzene rings is 3. The fraction of sp³-hybridized carbons (Fsp3) is 0. The van der Waals surface area contributed by atoms with Gasteiger partial charge in [0.2, 0.25) is 0 Å². The van der Waals surface area contributed by atoms with E-state index in [1.807, 2.05) is 24.3 Å². The van der Waals surface area contributed by atoms with Crippen molar-refractivity contribution in [3.05, 3.63) is 90.3 Å². The zero-order valence-corrected chi connectivity index (χ0v) is 15.7. The molecule has 0 atom stereocenters. The molecule has 0 radical (unpaired) electrons. The largest absolute Gasteiger partial charge is 0.292 e. The van der Waals surface area contributed by atoms with Crippen LogP contribution >= 0.6 is 11.3 Å². The van der Waals surface area contributed by atoms with E-state index in [1.54, 1.807) is 11.3 Å². The highest BCUT2D eigenvalue weighted by atomic mass is 32.1. The van der Waals surface area contributed by atoms with E-state index in [1.165, 1.54) is 20.9 Å². The number of rotatable bonds is 2. The van der Waals surface area contributed by atoms with Gasteiger partial charge < -0.3 is 0 Å². The monoisotopic (exact) mass is 377 g/mol. The molecule has 6 rings (SSSR count). The fourth-order valence-corrected chi connectivity index (χ4v) is 4.76.